The Hall–Kier alpha value is -2.47. The van der Waals surface area contributed by atoms with E-state index in [9.17, 15) is 9.59 Å². The Bertz CT molecular complexity index is 784. The van der Waals surface area contributed by atoms with E-state index >= 15 is 0 Å². The molecule has 3 rings (SSSR count). The van der Waals surface area contributed by atoms with Crippen molar-refractivity contribution in [3.63, 3.8) is 0 Å². The van der Waals surface area contributed by atoms with Crippen molar-refractivity contribution in [2.75, 3.05) is 23.5 Å². The van der Waals surface area contributed by atoms with Crippen LogP contribution in [0, 0.1) is 5.92 Å². The number of hydrogen-bond acceptors (Lipinski definition) is 4. The molecule has 148 valence electrons. The predicted octanol–water partition coefficient (Wildman–Crippen LogP) is 4.94. The molecule has 28 heavy (non-hydrogen) atoms. The number of carbonyl (C=O) groups excluding carboxylic acids is 2. The topological polar surface area (TPSA) is 67.4 Å². The van der Waals surface area contributed by atoms with Crippen molar-refractivity contribution in [1.82, 2.24) is 0 Å². The zero-order valence-corrected chi connectivity index (χ0v) is 16.9. The molecule has 1 aliphatic carbocycles. The second kappa shape index (κ2) is 10.2. The molecule has 0 bridgehead atoms. The maximum absolute atomic E-state index is 12.3. The van der Waals surface area contributed by atoms with Crippen molar-refractivity contribution >= 4 is 35.0 Å². The lowest BCUT2D eigenvalue weighted by Crippen LogP contribution is -2.24. The van der Waals surface area contributed by atoms with E-state index < -0.39 is 0 Å². The van der Waals surface area contributed by atoms with Crippen LogP contribution in [0.4, 0.5) is 11.4 Å². The molecule has 0 spiro atoms. The van der Waals surface area contributed by atoms with E-state index in [2.05, 4.69) is 10.6 Å². The SMILES string of the molecule is COc1ccc(NC(=O)CSc2ccc(NC(=O)C3CCCCC3)cc2)cc1. The lowest BCUT2D eigenvalue weighted by atomic mass is 9.88. The second-order valence-corrected chi connectivity index (χ2v) is 7.96. The number of rotatable bonds is 7. The van der Waals surface area contributed by atoms with E-state index in [4.69, 9.17) is 4.74 Å². The molecule has 0 heterocycles. The third-order valence-corrected chi connectivity index (χ3v) is 5.85. The summed E-state index contributed by atoms with van der Waals surface area (Å²) >= 11 is 1.46. The van der Waals surface area contributed by atoms with Crippen LogP contribution in [0.25, 0.3) is 0 Å². The standard InChI is InChI=1S/C22H26N2O3S/c1-27-19-11-7-17(8-12-19)23-21(25)15-28-20-13-9-18(10-14-20)24-22(26)16-5-3-2-4-6-16/h7-14,16H,2-6,15H2,1H3,(H,23,25)(H,24,26). The van der Waals surface area contributed by atoms with Gasteiger partial charge in [0, 0.05) is 22.2 Å². The van der Waals surface area contributed by atoms with Crippen molar-refractivity contribution in [3.05, 3.63) is 48.5 Å². The zero-order chi connectivity index (χ0) is 19.8. The van der Waals surface area contributed by atoms with Crippen molar-refractivity contribution in [2.24, 2.45) is 5.92 Å². The van der Waals surface area contributed by atoms with Crippen molar-refractivity contribution in [2.45, 2.75) is 37.0 Å². The van der Waals surface area contributed by atoms with Gasteiger partial charge in [-0.3, -0.25) is 9.59 Å². The summed E-state index contributed by atoms with van der Waals surface area (Å²) in [5.41, 5.74) is 1.55. The van der Waals surface area contributed by atoms with Crippen LogP contribution in [0.5, 0.6) is 5.75 Å². The highest BCUT2D eigenvalue weighted by Gasteiger charge is 2.20. The molecule has 5 nitrogen and oxygen atoms in total. The summed E-state index contributed by atoms with van der Waals surface area (Å²) in [6.07, 6.45) is 5.51. The third kappa shape index (κ3) is 6.02. The highest BCUT2D eigenvalue weighted by atomic mass is 32.2. The molecule has 0 saturated heterocycles. The molecule has 0 radical (unpaired) electrons. The smallest absolute Gasteiger partial charge is 0.234 e. The summed E-state index contributed by atoms with van der Waals surface area (Å²) in [7, 11) is 1.61. The molecule has 2 aromatic rings. The number of amides is 2. The first-order chi connectivity index (χ1) is 13.6. The number of carbonyl (C=O) groups is 2. The zero-order valence-electron chi connectivity index (χ0n) is 16.1. The Morgan fingerprint density at radius 1 is 0.929 bits per heavy atom. The molecule has 2 N–H and O–H groups in total. The molecular weight excluding hydrogens is 372 g/mol. The van der Waals surface area contributed by atoms with Gasteiger partial charge >= 0.3 is 0 Å². The van der Waals surface area contributed by atoms with Crippen molar-refractivity contribution < 1.29 is 14.3 Å². The number of ether oxygens (including phenoxy) is 1. The van der Waals surface area contributed by atoms with E-state index in [1.54, 1.807) is 7.11 Å². The first-order valence-corrected chi connectivity index (χ1v) is 10.6. The van der Waals surface area contributed by atoms with Gasteiger partial charge in [-0.05, 0) is 61.4 Å². The van der Waals surface area contributed by atoms with E-state index in [0.717, 1.165) is 47.7 Å². The van der Waals surface area contributed by atoms with E-state index in [1.807, 2.05) is 48.5 Å². The summed E-state index contributed by atoms with van der Waals surface area (Å²) in [6, 6.07) is 14.9. The molecule has 2 aromatic carbocycles. The molecule has 2 amide bonds. The van der Waals surface area contributed by atoms with Crippen LogP contribution in [0.15, 0.2) is 53.4 Å². The molecule has 0 aromatic heterocycles. The fourth-order valence-corrected chi connectivity index (χ4v) is 3.96. The van der Waals surface area contributed by atoms with Gasteiger partial charge in [0.15, 0.2) is 0 Å². The van der Waals surface area contributed by atoms with Gasteiger partial charge < -0.3 is 15.4 Å². The van der Waals surface area contributed by atoms with Gasteiger partial charge in [-0.15, -0.1) is 11.8 Å². The minimum absolute atomic E-state index is 0.0650. The molecule has 1 fully saturated rings. The number of nitrogens with one attached hydrogen (secondary N) is 2. The van der Waals surface area contributed by atoms with Crippen molar-refractivity contribution in [1.29, 1.82) is 0 Å². The molecule has 1 saturated carbocycles. The van der Waals surface area contributed by atoms with Gasteiger partial charge in [0.25, 0.3) is 0 Å². The van der Waals surface area contributed by atoms with Gasteiger partial charge in [0.1, 0.15) is 5.75 Å². The molecule has 0 atom stereocenters. The van der Waals surface area contributed by atoms with Crippen LogP contribution >= 0.6 is 11.8 Å². The molecule has 6 heteroatoms. The Labute approximate surface area is 170 Å². The van der Waals surface area contributed by atoms with Crippen LogP contribution in [-0.4, -0.2) is 24.7 Å². The average molecular weight is 399 g/mol. The molecule has 1 aliphatic rings. The first-order valence-electron chi connectivity index (χ1n) is 9.61. The highest BCUT2D eigenvalue weighted by molar-refractivity contribution is 8.00. The van der Waals surface area contributed by atoms with Gasteiger partial charge in [-0.2, -0.15) is 0 Å². The van der Waals surface area contributed by atoms with Gasteiger partial charge in [0.05, 0.1) is 12.9 Å². The largest absolute Gasteiger partial charge is 0.497 e. The summed E-state index contributed by atoms with van der Waals surface area (Å²) < 4.78 is 5.10. The third-order valence-electron chi connectivity index (χ3n) is 4.84. The number of anilines is 2. The maximum atomic E-state index is 12.3. The second-order valence-electron chi connectivity index (χ2n) is 6.91. The molecule has 0 aliphatic heterocycles. The highest BCUT2D eigenvalue weighted by Crippen LogP contribution is 2.26. The quantitative estimate of drug-likeness (QED) is 0.648. The van der Waals surface area contributed by atoms with E-state index in [0.29, 0.717) is 5.75 Å². The average Bonchev–Trinajstić information content (AvgIpc) is 2.74. The summed E-state index contributed by atoms with van der Waals surface area (Å²) in [5, 5.41) is 5.87. The lowest BCUT2D eigenvalue weighted by Gasteiger charge is -2.20. The Morgan fingerprint density at radius 2 is 1.54 bits per heavy atom. The summed E-state index contributed by atoms with van der Waals surface area (Å²) in [6.45, 7) is 0. The van der Waals surface area contributed by atoms with Crippen LogP contribution in [-0.2, 0) is 9.59 Å². The summed E-state index contributed by atoms with van der Waals surface area (Å²) in [5.74, 6) is 1.27. The number of hydrogen-bond donors (Lipinski definition) is 2. The molecule has 0 unspecified atom stereocenters. The van der Waals surface area contributed by atoms with Gasteiger partial charge in [-0.1, -0.05) is 19.3 Å². The minimum Gasteiger partial charge on any atom is -0.497 e. The monoisotopic (exact) mass is 398 g/mol. The molecular formula is C22H26N2O3S. The lowest BCUT2D eigenvalue weighted by molar-refractivity contribution is -0.120. The van der Waals surface area contributed by atoms with Crippen LogP contribution in [0.2, 0.25) is 0 Å². The normalized spacial score (nSPS) is 14.3. The van der Waals surface area contributed by atoms with Crippen molar-refractivity contribution in [3.8, 4) is 5.75 Å². The fourth-order valence-electron chi connectivity index (χ4n) is 3.26. The van der Waals surface area contributed by atoms with E-state index in [-0.39, 0.29) is 17.7 Å². The van der Waals surface area contributed by atoms with Crippen LogP contribution in [0.3, 0.4) is 0 Å². The Kier molecular flexibility index (Phi) is 7.37. The Morgan fingerprint density at radius 3 is 2.18 bits per heavy atom. The van der Waals surface area contributed by atoms with Crippen LogP contribution < -0.4 is 15.4 Å². The predicted molar refractivity (Wildman–Crippen MR) is 114 cm³/mol. The van der Waals surface area contributed by atoms with Gasteiger partial charge in [0.2, 0.25) is 11.8 Å². The van der Waals surface area contributed by atoms with Crippen LogP contribution in [0.1, 0.15) is 32.1 Å². The first kappa shape index (κ1) is 20.3. The minimum atomic E-state index is -0.0650. The van der Waals surface area contributed by atoms with E-state index in [1.165, 1.54) is 18.2 Å². The summed E-state index contributed by atoms with van der Waals surface area (Å²) in [4.78, 5) is 25.4. The number of methoxy groups -OCH3 is 1. The maximum Gasteiger partial charge on any atom is 0.234 e. The number of thioether (sulfide) groups is 1. The van der Waals surface area contributed by atoms with Gasteiger partial charge in [-0.25, -0.2) is 0 Å². The fraction of sp³-hybridized carbons (Fsp3) is 0.364. The number of benzene rings is 2. The Balaban J connectivity index is 1.44.